The van der Waals surface area contributed by atoms with Crippen LogP contribution in [0.1, 0.15) is 25.3 Å². The second-order valence-corrected chi connectivity index (χ2v) is 8.77. The van der Waals surface area contributed by atoms with E-state index in [4.69, 9.17) is 4.74 Å². The van der Waals surface area contributed by atoms with Crippen LogP contribution in [0.2, 0.25) is 0 Å². The number of nitrogens with zero attached hydrogens (tertiary/aromatic N) is 2. The molecule has 162 valence electrons. The fraction of sp³-hybridized carbons (Fsp3) is 0.333. The van der Waals surface area contributed by atoms with Gasteiger partial charge in [-0.05, 0) is 49.7 Å². The Morgan fingerprint density at radius 3 is 2.56 bits per heavy atom. The third-order valence-corrected chi connectivity index (χ3v) is 7.26. The molecule has 0 saturated carbocycles. The summed E-state index contributed by atoms with van der Waals surface area (Å²) >= 11 is 0. The number of carbonyl (C=O) groups is 4. The Hall–Kier alpha value is -3.52. The maximum atomic E-state index is 13.8. The second kappa shape index (κ2) is 6.49. The van der Waals surface area contributed by atoms with Gasteiger partial charge in [0.15, 0.2) is 0 Å². The van der Waals surface area contributed by atoms with E-state index in [1.54, 1.807) is 24.3 Å². The predicted molar refractivity (Wildman–Crippen MR) is 114 cm³/mol. The minimum Gasteiger partial charge on any atom is -0.427 e. The van der Waals surface area contributed by atoms with Gasteiger partial charge in [0.1, 0.15) is 11.3 Å². The number of para-hydroxylation sites is 1. The first-order chi connectivity index (χ1) is 15.4. The summed E-state index contributed by atoms with van der Waals surface area (Å²) < 4.78 is 5.06. The number of ether oxygens (including phenoxy) is 1. The first kappa shape index (κ1) is 19.2. The molecule has 4 aliphatic rings. The average molecular weight is 431 g/mol. The Morgan fingerprint density at radius 1 is 1.06 bits per heavy atom. The van der Waals surface area contributed by atoms with Crippen molar-refractivity contribution in [3.05, 3.63) is 54.1 Å². The van der Waals surface area contributed by atoms with E-state index < -0.39 is 23.3 Å². The maximum Gasteiger partial charge on any atom is 0.308 e. The van der Waals surface area contributed by atoms with E-state index in [2.05, 4.69) is 10.2 Å². The van der Waals surface area contributed by atoms with Gasteiger partial charge in [0.25, 0.3) is 0 Å². The Morgan fingerprint density at radius 2 is 1.81 bits per heavy atom. The van der Waals surface area contributed by atoms with Gasteiger partial charge < -0.3 is 10.1 Å². The number of esters is 1. The third kappa shape index (κ3) is 2.25. The van der Waals surface area contributed by atoms with Crippen molar-refractivity contribution in [1.82, 2.24) is 4.90 Å². The number of rotatable bonds is 2. The third-order valence-electron chi connectivity index (χ3n) is 7.26. The van der Waals surface area contributed by atoms with Crippen LogP contribution < -0.4 is 15.0 Å². The number of imide groups is 1. The molecular weight excluding hydrogens is 410 g/mol. The summed E-state index contributed by atoms with van der Waals surface area (Å²) in [4.78, 5) is 55.4. The summed E-state index contributed by atoms with van der Waals surface area (Å²) in [7, 11) is 0. The average Bonchev–Trinajstić information content (AvgIpc) is 3.47. The minimum atomic E-state index is -1.17. The summed E-state index contributed by atoms with van der Waals surface area (Å²) in [6, 6.07) is 13.6. The standard InChI is InChI=1S/C24H21N3O5/c1-13(28)32-15-10-8-14(9-11-15)27-21(29)19-18-7-4-12-26(18)24(20(19)22(27)30)16-5-2-3-6-17(16)25-23(24)31/h2-3,5-6,8-11,18-20H,4,7,12H2,1H3,(H,25,31). The summed E-state index contributed by atoms with van der Waals surface area (Å²) in [5.74, 6) is -2.33. The van der Waals surface area contributed by atoms with Crippen molar-refractivity contribution in [3.8, 4) is 5.75 Å². The van der Waals surface area contributed by atoms with Crippen LogP contribution in [-0.2, 0) is 24.7 Å². The molecule has 6 rings (SSSR count). The molecule has 4 unspecified atom stereocenters. The fourth-order valence-corrected chi connectivity index (χ4v) is 6.24. The molecule has 8 heteroatoms. The van der Waals surface area contributed by atoms with Crippen molar-refractivity contribution in [2.75, 3.05) is 16.8 Å². The minimum absolute atomic E-state index is 0.154. The second-order valence-electron chi connectivity index (χ2n) is 8.77. The van der Waals surface area contributed by atoms with Crippen molar-refractivity contribution in [2.24, 2.45) is 11.8 Å². The van der Waals surface area contributed by atoms with E-state index in [-0.39, 0.29) is 23.8 Å². The smallest absolute Gasteiger partial charge is 0.308 e. The van der Waals surface area contributed by atoms with Gasteiger partial charge in [0.05, 0.1) is 17.5 Å². The molecule has 2 aromatic carbocycles. The van der Waals surface area contributed by atoms with Gasteiger partial charge in [-0.2, -0.15) is 0 Å². The van der Waals surface area contributed by atoms with Gasteiger partial charge in [-0.25, -0.2) is 4.90 Å². The molecule has 1 spiro atoms. The first-order valence-corrected chi connectivity index (χ1v) is 10.8. The van der Waals surface area contributed by atoms with E-state index >= 15 is 0 Å². The number of anilines is 2. The largest absolute Gasteiger partial charge is 0.427 e. The number of hydrogen-bond donors (Lipinski definition) is 1. The lowest BCUT2D eigenvalue weighted by Gasteiger charge is -2.36. The number of hydrogen-bond acceptors (Lipinski definition) is 6. The highest BCUT2D eigenvalue weighted by molar-refractivity contribution is 6.25. The molecule has 1 N–H and O–H groups in total. The molecule has 8 nitrogen and oxygen atoms in total. The van der Waals surface area contributed by atoms with Crippen LogP contribution in [0.3, 0.4) is 0 Å². The SMILES string of the molecule is CC(=O)Oc1ccc(N2C(=O)C3C4CCCN4C4(C(=O)Nc5ccccc54)C3C2=O)cc1. The lowest BCUT2D eigenvalue weighted by atomic mass is 9.75. The van der Waals surface area contributed by atoms with E-state index in [1.165, 1.54) is 11.8 Å². The van der Waals surface area contributed by atoms with Crippen LogP contribution in [0, 0.1) is 11.8 Å². The molecule has 0 radical (unpaired) electrons. The summed E-state index contributed by atoms with van der Waals surface area (Å²) in [5, 5.41) is 2.96. The van der Waals surface area contributed by atoms with Crippen molar-refractivity contribution in [1.29, 1.82) is 0 Å². The zero-order chi connectivity index (χ0) is 22.2. The van der Waals surface area contributed by atoms with Gasteiger partial charge in [0.2, 0.25) is 17.7 Å². The van der Waals surface area contributed by atoms with Crippen molar-refractivity contribution < 1.29 is 23.9 Å². The van der Waals surface area contributed by atoms with E-state index in [1.807, 2.05) is 24.3 Å². The highest BCUT2D eigenvalue weighted by Gasteiger charge is 2.74. The molecule has 0 aliphatic carbocycles. The lowest BCUT2D eigenvalue weighted by Crippen LogP contribution is -2.54. The topological polar surface area (TPSA) is 96.0 Å². The van der Waals surface area contributed by atoms with E-state index in [0.717, 1.165) is 18.4 Å². The maximum absolute atomic E-state index is 13.8. The van der Waals surface area contributed by atoms with Gasteiger partial charge in [-0.15, -0.1) is 0 Å². The molecule has 2 aromatic rings. The predicted octanol–water partition coefficient (Wildman–Crippen LogP) is 2.04. The summed E-state index contributed by atoms with van der Waals surface area (Å²) in [5.41, 5.74) is 0.726. The number of amides is 3. The molecule has 4 atom stereocenters. The zero-order valence-electron chi connectivity index (χ0n) is 17.4. The summed E-state index contributed by atoms with van der Waals surface area (Å²) in [6.07, 6.45) is 1.65. The van der Waals surface area contributed by atoms with Crippen LogP contribution in [0.5, 0.6) is 5.75 Å². The Bertz CT molecular complexity index is 1190. The quantitative estimate of drug-likeness (QED) is 0.444. The number of benzene rings is 2. The van der Waals surface area contributed by atoms with Gasteiger partial charge >= 0.3 is 5.97 Å². The Kier molecular flexibility index (Phi) is 3.89. The van der Waals surface area contributed by atoms with Crippen molar-refractivity contribution in [2.45, 2.75) is 31.3 Å². The molecule has 4 aliphatic heterocycles. The first-order valence-electron chi connectivity index (χ1n) is 10.8. The van der Waals surface area contributed by atoms with Crippen LogP contribution >= 0.6 is 0 Å². The van der Waals surface area contributed by atoms with Gasteiger partial charge in [-0.1, -0.05) is 18.2 Å². The number of carbonyl (C=O) groups excluding carboxylic acids is 4. The molecule has 0 bridgehead atoms. The van der Waals surface area contributed by atoms with Crippen LogP contribution in [0.4, 0.5) is 11.4 Å². The molecule has 32 heavy (non-hydrogen) atoms. The van der Waals surface area contributed by atoms with Crippen molar-refractivity contribution >= 4 is 35.1 Å². The summed E-state index contributed by atoms with van der Waals surface area (Å²) in [6.45, 7) is 1.98. The highest BCUT2D eigenvalue weighted by Crippen LogP contribution is 2.60. The molecule has 3 saturated heterocycles. The normalized spacial score (nSPS) is 30.5. The van der Waals surface area contributed by atoms with Crippen LogP contribution in [-0.4, -0.2) is 41.2 Å². The number of fused-ring (bicyclic) bond motifs is 7. The molecule has 3 fully saturated rings. The van der Waals surface area contributed by atoms with E-state index in [9.17, 15) is 19.2 Å². The lowest BCUT2D eigenvalue weighted by molar-refractivity contribution is -0.135. The molecule has 3 amide bonds. The van der Waals surface area contributed by atoms with Crippen molar-refractivity contribution in [3.63, 3.8) is 0 Å². The molecular formula is C24H21N3O5. The number of nitrogens with one attached hydrogen (secondary N) is 1. The zero-order valence-corrected chi connectivity index (χ0v) is 17.4. The van der Waals surface area contributed by atoms with Gasteiger partial charge in [0, 0.05) is 24.2 Å². The molecule has 4 heterocycles. The van der Waals surface area contributed by atoms with Crippen LogP contribution in [0.15, 0.2) is 48.5 Å². The van der Waals surface area contributed by atoms with Crippen LogP contribution in [0.25, 0.3) is 0 Å². The molecule has 0 aromatic heterocycles. The fourth-order valence-electron chi connectivity index (χ4n) is 6.24. The van der Waals surface area contributed by atoms with E-state index in [0.29, 0.717) is 23.7 Å². The van der Waals surface area contributed by atoms with Gasteiger partial charge in [-0.3, -0.25) is 24.1 Å². The monoisotopic (exact) mass is 431 g/mol. The highest BCUT2D eigenvalue weighted by atomic mass is 16.5. The Balaban J connectivity index is 1.46. The Labute approximate surface area is 184 Å².